The third kappa shape index (κ3) is 3.35. The second-order valence-corrected chi connectivity index (χ2v) is 7.03. The Morgan fingerprint density at radius 2 is 1.96 bits per heavy atom. The Hall–Kier alpha value is -3.02. The molecule has 1 fully saturated rings. The molecule has 4 rings (SSSR count). The van der Waals surface area contributed by atoms with Gasteiger partial charge in [-0.25, -0.2) is 14.1 Å². The lowest BCUT2D eigenvalue weighted by Gasteiger charge is -2.26. The lowest BCUT2D eigenvalue weighted by molar-refractivity contribution is -0.133. The van der Waals surface area contributed by atoms with Gasteiger partial charge in [-0.2, -0.15) is 5.10 Å². The van der Waals surface area contributed by atoms with Crippen LogP contribution in [0.25, 0.3) is 5.69 Å². The maximum Gasteiger partial charge on any atom is 0.226 e. The highest BCUT2D eigenvalue weighted by Crippen LogP contribution is 2.49. The van der Waals surface area contributed by atoms with E-state index in [1.807, 2.05) is 44.3 Å². The molecule has 5 nitrogen and oxygen atoms in total. The van der Waals surface area contributed by atoms with Crippen molar-refractivity contribution in [1.29, 1.82) is 0 Å². The average Bonchev–Trinajstić information content (AvgIpc) is 3.29. The molecule has 0 aliphatic heterocycles. The summed E-state index contributed by atoms with van der Waals surface area (Å²) < 4.78 is 15.6. The van der Waals surface area contributed by atoms with E-state index in [2.05, 4.69) is 10.1 Å². The van der Waals surface area contributed by atoms with E-state index in [4.69, 9.17) is 0 Å². The third-order valence-corrected chi connectivity index (χ3v) is 5.40. The van der Waals surface area contributed by atoms with Crippen molar-refractivity contribution < 1.29 is 9.18 Å². The van der Waals surface area contributed by atoms with Gasteiger partial charge in [0.05, 0.1) is 11.7 Å². The van der Waals surface area contributed by atoms with Crippen LogP contribution in [0, 0.1) is 11.7 Å². The maximum atomic E-state index is 14.0. The Kier molecular flexibility index (Phi) is 4.48. The van der Waals surface area contributed by atoms with E-state index in [9.17, 15) is 9.18 Å². The molecule has 0 radical (unpaired) electrons. The molecule has 1 aliphatic carbocycles. The molecule has 27 heavy (non-hydrogen) atoms. The molecule has 138 valence electrons. The van der Waals surface area contributed by atoms with E-state index in [1.165, 1.54) is 12.4 Å². The van der Waals surface area contributed by atoms with Crippen LogP contribution in [-0.2, 0) is 4.79 Å². The van der Waals surface area contributed by atoms with Crippen molar-refractivity contribution >= 4 is 5.91 Å². The quantitative estimate of drug-likeness (QED) is 0.693. The Bertz CT molecular complexity index is 939. The number of hydrogen-bond acceptors (Lipinski definition) is 3. The van der Waals surface area contributed by atoms with Crippen molar-refractivity contribution in [3.8, 4) is 5.69 Å². The van der Waals surface area contributed by atoms with Gasteiger partial charge in [0.15, 0.2) is 0 Å². The SMILES string of the molecule is CC(c1ccc(-n2cncn2)cc1)N(C)C(=O)C1CC1c1ccccc1F. The summed E-state index contributed by atoms with van der Waals surface area (Å²) in [6, 6.07) is 14.6. The number of carbonyl (C=O) groups is 1. The predicted molar refractivity (Wildman–Crippen MR) is 99.8 cm³/mol. The number of aromatic nitrogens is 3. The number of nitrogens with zero attached hydrogens (tertiary/aromatic N) is 4. The molecule has 1 heterocycles. The Morgan fingerprint density at radius 3 is 2.63 bits per heavy atom. The first kappa shape index (κ1) is 17.4. The zero-order valence-corrected chi connectivity index (χ0v) is 15.3. The Morgan fingerprint density at radius 1 is 1.22 bits per heavy atom. The smallest absolute Gasteiger partial charge is 0.226 e. The van der Waals surface area contributed by atoms with Crippen molar-refractivity contribution in [3.05, 3.63) is 78.1 Å². The van der Waals surface area contributed by atoms with Gasteiger partial charge in [0.1, 0.15) is 18.5 Å². The lowest BCUT2D eigenvalue weighted by Crippen LogP contribution is -2.31. The van der Waals surface area contributed by atoms with Gasteiger partial charge < -0.3 is 4.90 Å². The molecule has 3 aromatic rings. The van der Waals surface area contributed by atoms with Crippen LogP contribution in [0.4, 0.5) is 4.39 Å². The molecular weight excluding hydrogens is 343 g/mol. The minimum absolute atomic E-state index is 0.0111. The molecule has 2 aromatic carbocycles. The second-order valence-electron chi connectivity index (χ2n) is 7.03. The largest absolute Gasteiger partial charge is 0.339 e. The Balaban J connectivity index is 1.44. The van der Waals surface area contributed by atoms with Crippen LogP contribution in [0.1, 0.15) is 36.4 Å². The van der Waals surface area contributed by atoms with Gasteiger partial charge in [0, 0.05) is 13.0 Å². The molecule has 0 saturated heterocycles. The van der Waals surface area contributed by atoms with Crippen molar-refractivity contribution in [1.82, 2.24) is 19.7 Å². The Labute approximate surface area is 157 Å². The average molecular weight is 364 g/mol. The lowest BCUT2D eigenvalue weighted by atomic mass is 10.0. The molecule has 6 heteroatoms. The van der Waals surface area contributed by atoms with Crippen molar-refractivity contribution in [2.24, 2.45) is 5.92 Å². The summed E-state index contributed by atoms with van der Waals surface area (Å²) in [7, 11) is 1.81. The minimum atomic E-state index is -0.225. The fraction of sp³-hybridized carbons (Fsp3) is 0.286. The molecule has 3 atom stereocenters. The number of hydrogen-bond donors (Lipinski definition) is 0. The van der Waals surface area contributed by atoms with Crippen LogP contribution in [0.3, 0.4) is 0 Å². The zero-order valence-electron chi connectivity index (χ0n) is 15.3. The van der Waals surface area contributed by atoms with Gasteiger partial charge in [-0.3, -0.25) is 4.79 Å². The van der Waals surface area contributed by atoms with Crippen LogP contribution < -0.4 is 0 Å². The molecule has 3 unspecified atom stereocenters. The molecule has 1 aliphatic rings. The van der Waals surface area contributed by atoms with Crippen molar-refractivity contribution in [2.75, 3.05) is 7.05 Å². The fourth-order valence-electron chi connectivity index (χ4n) is 3.51. The van der Waals surface area contributed by atoms with Crippen LogP contribution in [0.5, 0.6) is 0 Å². The number of carbonyl (C=O) groups excluding carboxylic acids is 1. The summed E-state index contributed by atoms with van der Waals surface area (Å²) in [5.74, 6) is -0.305. The number of benzene rings is 2. The first-order valence-electron chi connectivity index (χ1n) is 9.02. The highest BCUT2D eigenvalue weighted by molar-refractivity contribution is 5.83. The molecule has 1 amide bonds. The van der Waals surface area contributed by atoms with E-state index in [-0.39, 0.29) is 29.6 Å². The summed E-state index contributed by atoms with van der Waals surface area (Å²) in [5.41, 5.74) is 2.60. The van der Waals surface area contributed by atoms with E-state index < -0.39 is 0 Å². The summed E-state index contributed by atoms with van der Waals surface area (Å²) in [6.45, 7) is 2.00. The van der Waals surface area contributed by atoms with Crippen molar-refractivity contribution in [2.45, 2.75) is 25.3 Å². The van der Waals surface area contributed by atoms with E-state index in [0.717, 1.165) is 11.3 Å². The van der Waals surface area contributed by atoms with Gasteiger partial charge in [0.2, 0.25) is 5.91 Å². The highest BCUT2D eigenvalue weighted by atomic mass is 19.1. The molecule has 0 N–H and O–H groups in total. The van der Waals surface area contributed by atoms with Crippen LogP contribution >= 0.6 is 0 Å². The van der Waals surface area contributed by atoms with Gasteiger partial charge >= 0.3 is 0 Å². The van der Waals surface area contributed by atoms with Crippen molar-refractivity contribution in [3.63, 3.8) is 0 Å². The third-order valence-electron chi connectivity index (χ3n) is 5.40. The van der Waals surface area contributed by atoms with Crippen LogP contribution in [0.2, 0.25) is 0 Å². The topological polar surface area (TPSA) is 51.0 Å². The van der Waals surface area contributed by atoms with E-state index >= 15 is 0 Å². The molecule has 0 spiro atoms. The number of rotatable bonds is 5. The molecular formula is C21H21FN4O. The summed E-state index contributed by atoms with van der Waals surface area (Å²) >= 11 is 0. The standard InChI is InChI=1S/C21H21FN4O/c1-14(15-7-9-16(10-8-15)26-13-23-12-24-26)25(2)21(27)19-11-18(19)17-5-3-4-6-20(17)22/h3-10,12-14,18-19H,11H2,1-2H3. The van der Waals surface area contributed by atoms with E-state index in [0.29, 0.717) is 12.0 Å². The predicted octanol–water partition coefficient (Wildman–Crippen LogP) is 3.73. The normalized spacial score (nSPS) is 19.5. The molecule has 0 bridgehead atoms. The minimum Gasteiger partial charge on any atom is -0.339 e. The van der Waals surface area contributed by atoms with Crippen LogP contribution in [0.15, 0.2) is 61.2 Å². The first-order valence-corrected chi connectivity index (χ1v) is 9.02. The van der Waals surface area contributed by atoms with Crippen LogP contribution in [-0.4, -0.2) is 32.6 Å². The fourth-order valence-corrected chi connectivity index (χ4v) is 3.51. The maximum absolute atomic E-state index is 14.0. The number of halogens is 1. The molecule has 1 aromatic heterocycles. The van der Waals surface area contributed by atoms with Gasteiger partial charge in [-0.05, 0) is 48.6 Å². The van der Waals surface area contributed by atoms with E-state index in [1.54, 1.807) is 28.0 Å². The van der Waals surface area contributed by atoms with Gasteiger partial charge in [-0.1, -0.05) is 30.3 Å². The number of amides is 1. The molecule has 1 saturated carbocycles. The summed E-state index contributed by atoms with van der Waals surface area (Å²) in [6.07, 6.45) is 3.84. The zero-order chi connectivity index (χ0) is 19.0. The van der Waals surface area contributed by atoms with Gasteiger partial charge in [0.25, 0.3) is 0 Å². The summed E-state index contributed by atoms with van der Waals surface area (Å²) in [4.78, 5) is 18.6. The summed E-state index contributed by atoms with van der Waals surface area (Å²) in [5, 5.41) is 4.11. The second kappa shape index (κ2) is 6.95. The first-order chi connectivity index (χ1) is 13.1. The highest BCUT2D eigenvalue weighted by Gasteiger charge is 2.46. The van der Waals surface area contributed by atoms with Gasteiger partial charge in [-0.15, -0.1) is 0 Å². The monoisotopic (exact) mass is 364 g/mol.